The average Bonchev–Trinajstić information content (AvgIpc) is 0.693. The number of Topliss-reactive ketones (excluding diaryl/α,β-unsaturated/α-hetero) is 2. The van der Waals surface area contributed by atoms with Crippen LogP contribution in [-0.4, -0.2) is 212 Å². The predicted molar refractivity (Wildman–Crippen MR) is 463 cm³/mol. The van der Waals surface area contributed by atoms with Crippen molar-refractivity contribution < 1.29 is 136 Å². The molecule has 6 aromatic carbocycles. The van der Waals surface area contributed by atoms with Gasteiger partial charge in [0.2, 0.25) is 57.5 Å². The molecule has 6 aromatic rings. The van der Waals surface area contributed by atoms with Crippen molar-refractivity contribution in [3.05, 3.63) is 140 Å². The second-order valence-corrected chi connectivity index (χ2v) is 36.1. The van der Waals surface area contributed by atoms with Crippen molar-refractivity contribution in [2.24, 2.45) is 29.2 Å². The van der Waals surface area contributed by atoms with Crippen LogP contribution in [0.3, 0.4) is 0 Å². The number of unbranched alkanes of at least 4 members (excludes halogenated alkanes) is 5. The fourth-order valence-corrected chi connectivity index (χ4v) is 18.0. The third-order valence-electron chi connectivity index (χ3n) is 23.5. The lowest BCUT2D eigenvalue weighted by molar-refractivity contribution is -0.334. The SMILES string of the molecule is CCCCCOc1ccc(S(=O)(=O)NCCCCCCNCc2c(O)cc3c(c2O)-c2cc(ccc2O)[C@H]2CC(=O)[C@@H]4NC(=O)[C@H](CC(N)=O)CC(=O)[C@H](NC(=O)[C@H](CC)CC(C)C)[C@H](O)c5ccc(c(Cl)c5)Oc5cc4cc(c5O[C@@H]4O[C@H](CO)[C@@H](O)[C@H](O)[C@H]4O[C@H]4C[C@](C)(NC(=O)CN)[C@H](O)[C@H](C)O4)Oc4ccc(cc4Cl)[C@@H](O)[C@H](NC2=O)C(=O)N[C@@H]3C(=O)O)cc1. The second kappa shape index (κ2) is 43.6. The van der Waals surface area contributed by atoms with E-state index in [-0.39, 0.29) is 76.3 Å². The van der Waals surface area contributed by atoms with Crippen LogP contribution in [0.25, 0.3) is 11.1 Å². The summed E-state index contributed by atoms with van der Waals surface area (Å²) in [6, 6.07) is 10.5. The Morgan fingerprint density at radius 2 is 1.36 bits per heavy atom. The number of benzene rings is 6. The van der Waals surface area contributed by atoms with E-state index in [4.69, 9.17) is 67.8 Å². The third-order valence-corrected chi connectivity index (χ3v) is 25.6. The predicted octanol–water partition coefficient (Wildman–Crippen LogP) is 5.83. The first-order valence-corrected chi connectivity index (χ1v) is 44.9. The minimum absolute atomic E-state index is 0.0469. The first kappa shape index (κ1) is 99.2. The zero-order chi connectivity index (χ0) is 93.8. The molecule has 0 radical (unpaired) electrons. The molecule has 40 heteroatoms. The van der Waals surface area contributed by atoms with Gasteiger partial charge in [0.15, 0.2) is 41.5 Å². The van der Waals surface area contributed by atoms with Crippen LogP contribution >= 0.6 is 23.2 Å². The summed E-state index contributed by atoms with van der Waals surface area (Å²) in [5, 5.41) is 134. The number of carbonyl (C=O) groups excluding carboxylic acids is 8. The number of aromatic hydroxyl groups is 3. The number of carboxylic acid groups (broad SMARTS) is 1. The van der Waals surface area contributed by atoms with Crippen LogP contribution in [0.5, 0.6) is 51.7 Å². The van der Waals surface area contributed by atoms with E-state index in [0.717, 1.165) is 79.9 Å². The van der Waals surface area contributed by atoms with E-state index in [9.17, 15) is 78.7 Å². The number of amides is 6. The van der Waals surface area contributed by atoms with Gasteiger partial charge in [-0.25, -0.2) is 17.9 Å². The molecule has 18 atom stereocenters. The standard InChI is InChI=1S/C89H111Cl2N9O28S/c1-7-9-14-27-122-50-18-20-51(21-19-50)129(120,121)95-26-13-11-10-12-25-94-40-55-59(103)37-54-70(77(55)110)53-29-45(15-22-58(53)102)52-36-61(105)71-48-33-64(124-62-23-16-46(30-56(62)90)75(108)73(98-83(114)44(8-2)28-42(3)4)60(104)32-49(35-67(93)106)84(115)96-71)80(65(34-48)125-63-24-17-47(31-57(63)91)76(109)74(99-85(52)116)86(117)97-72(54)87(118)119)128-88-81(79(112)78(111)66(41-101)126-88)127-69-38-89(6,100-68(107)39-92)82(113)43(5)123-69/h15-24,29-31,33-34,37,42-44,49,52,66,69,71-76,78-79,81-82,88,94-95,101-103,108-113H,7-14,25-28,32,35-36,38-41,92H2,1-6H3,(H2,93,106)(H,96,115)(H,97,117)(H,98,114)(H,99,116)(H,100,107)(H,118,119)/t43-,44+,49-,52+,66+,69-,71+,72-,73-,74-,75+,76+,78+,79-,81+,82+,88-,89-/m0/s1. The van der Waals surface area contributed by atoms with Crippen molar-refractivity contribution in [3.8, 4) is 62.9 Å². The van der Waals surface area contributed by atoms with Gasteiger partial charge in [-0.15, -0.1) is 0 Å². The smallest absolute Gasteiger partial charge is 0.330 e. The summed E-state index contributed by atoms with van der Waals surface area (Å²) in [7, 11) is -3.85. The number of phenols is 3. The molecule has 129 heavy (non-hydrogen) atoms. The maximum Gasteiger partial charge on any atom is 0.330 e. The number of rotatable bonds is 31. The van der Waals surface area contributed by atoms with E-state index in [0.29, 0.717) is 44.5 Å². The minimum atomic E-state index is -3.85. The van der Waals surface area contributed by atoms with Gasteiger partial charge >= 0.3 is 5.97 Å². The summed E-state index contributed by atoms with van der Waals surface area (Å²) >= 11 is 14.4. The molecule has 11 bridgehead atoms. The Hall–Kier alpha value is -10.4. The number of sulfonamides is 1. The molecule has 7 heterocycles. The minimum Gasteiger partial charge on any atom is -0.507 e. The largest absolute Gasteiger partial charge is 0.507 e. The lowest BCUT2D eigenvalue weighted by Crippen LogP contribution is -2.66. The van der Waals surface area contributed by atoms with Crippen LogP contribution in [0.1, 0.15) is 189 Å². The molecule has 7 aliphatic rings. The topological polar surface area (TPSA) is 591 Å². The summed E-state index contributed by atoms with van der Waals surface area (Å²) in [4.78, 5) is 133. The van der Waals surface area contributed by atoms with E-state index in [1.165, 1.54) is 38.1 Å². The molecule has 0 aromatic heterocycles. The molecular formula is C89H111Cl2N9O28S. The summed E-state index contributed by atoms with van der Waals surface area (Å²) in [5.41, 5.74) is 6.99. The number of carbonyl (C=O) groups is 9. The maximum absolute atomic E-state index is 16.6. The van der Waals surface area contributed by atoms with Crippen molar-refractivity contribution in [1.29, 1.82) is 0 Å². The van der Waals surface area contributed by atoms with Crippen molar-refractivity contribution in [2.45, 2.75) is 233 Å². The van der Waals surface area contributed by atoms with Gasteiger partial charge in [0.05, 0.1) is 63.7 Å². The van der Waals surface area contributed by atoms with Crippen LogP contribution < -0.4 is 67.0 Å². The Kier molecular flexibility index (Phi) is 33.5. The lowest BCUT2D eigenvalue weighted by Gasteiger charge is -2.48. The molecule has 21 N–H and O–H groups in total. The fraction of sp³-hybridized carbons (Fsp3) is 0.494. The average molecular weight is 1860 g/mol. The molecule has 0 unspecified atom stereocenters. The molecule has 0 aliphatic carbocycles. The molecule has 37 nitrogen and oxygen atoms in total. The second-order valence-electron chi connectivity index (χ2n) is 33.5. The quantitative estimate of drug-likeness (QED) is 0.0227. The zero-order valence-electron chi connectivity index (χ0n) is 71.7. The fourth-order valence-electron chi connectivity index (χ4n) is 16.4. The van der Waals surface area contributed by atoms with E-state index < -0.39 is 272 Å². The third kappa shape index (κ3) is 23.7. The van der Waals surface area contributed by atoms with E-state index in [2.05, 4.69) is 43.5 Å². The highest BCUT2D eigenvalue weighted by Gasteiger charge is 2.53. The number of halogens is 2. The highest BCUT2D eigenvalue weighted by atomic mass is 35.5. The Morgan fingerprint density at radius 3 is 1.98 bits per heavy atom. The number of ketones is 2. The van der Waals surface area contributed by atoms with Gasteiger partial charge in [0, 0.05) is 61.4 Å². The van der Waals surface area contributed by atoms with Crippen LogP contribution in [0.15, 0.2) is 102 Å². The molecule has 13 rings (SSSR count). The number of nitrogens with one attached hydrogen (secondary N) is 7. The van der Waals surface area contributed by atoms with Gasteiger partial charge in [-0.3, -0.25) is 38.4 Å². The molecule has 2 fully saturated rings. The normalized spacial score (nSPS) is 25.8. The number of hydrogen-bond donors (Lipinski definition) is 19. The van der Waals surface area contributed by atoms with Crippen molar-refractivity contribution >= 4 is 86.2 Å². The summed E-state index contributed by atoms with van der Waals surface area (Å²) < 4.78 is 73.6. The Balaban J connectivity index is 1.04. The number of primary amides is 1. The maximum atomic E-state index is 16.6. The van der Waals surface area contributed by atoms with Crippen LogP contribution in [0.4, 0.5) is 0 Å². The van der Waals surface area contributed by atoms with Gasteiger partial charge in [-0.05, 0) is 160 Å². The number of hydrogen-bond acceptors (Lipinski definition) is 29. The number of phenolic OH excluding ortho intramolecular Hbond substituents is 3. The van der Waals surface area contributed by atoms with E-state index in [1.54, 1.807) is 19.1 Å². The lowest BCUT2D eigenvalue weighted by atomic mass is 9.84. The van der Waals surface area contributed by atoms with Gasteiger partial charge in [0.25, 0.3) is 0 Å². The first-order chi connectivity index (χ1) is 61.3. The summed E-state index contributed by atoms with van der Waals surface area (Å²) in [6.45, 7) is 9.41. The monoisotopic (exact) mass is 1860 g/mol. The Morgan fingerprint density at radius 1 is 0.713 bits per heavy atom. The molecular weight excluding hydrogens is 1750 g/mol. The van der Waals surface area contributed by atoms with Crippen LogP contribution in [0.2, 0.25) is 10.0 Å². The number of carboxylic acids is 1. The molecule has 0 spiro atoms. The Bertz CT molecular complexity index is 5230. The molecule has 700 valence electrons. The highest BCUT2D eigenvalue weighted by molar-refractivity contribution is 7.89. The molecule has 6 amide bonds. The van der Waals surface area contributed by atoms with E-state index >= 15 is 24.0 Å². The zero-order valence-corrected chi connectivity index (χ0v) is 74.0. The number of aliphatic hydroxyl groups excluding tert-OH is 6. The number of nitrogens with two attached hydrogens (primary N) is 2. The highest BCUT2D eigenvalue weighted by Crippen LogP contribution is 2.51. The molecule has 0 saturated carbocycles. The first-order valence-electron chi connectivity index (χ1n) is 42.7. The summed E-state index contributed by atoms with van der Waals surface area (Å²) in [5.74, 6) is -20.0. The molecule has 2 saturated heterocycles. The van der Waals surface area contributed by atoms with Crippen molar-refractivity contribution in [3.63, 3.8) is 0 Å². The van der Waals surface area contributed by atoms with Gasteiger partial charge < -0.3 is 128 Å². The van der Waals surface area contributed by atoms with Gasteiger partial charge in [-0.2, -0.15) is 0 Å². The van der Waals surface area contributed by atoms with Crippen LogP contribution in [-0.2, 0) is 73.9 Å². The van der Waals surface area contributed by atoms with Crippen LogP contribution in [0, 0.1) is 17.8 Å². The van der Waals surface area contributed by atoms with Crippen molar-refractivity contribution in [2.75, 3.05) is 32.8 Å². The van der Waals surface area contributed by atoms with Gasteiger partial charge in [0.1, 0.15) is 89.2 Å². The van der Waals surface area contributed by atoms with E-state index in [1.807, 2.05) is 13.8 Å². The Labute approximate surface area is 753 Å². The molecule has 7 aliphatic heterocycles. The van der Waals surface area contributed by atoms with Gasteiger partial charge in [-0.1, -0.05) is 94.8 Å². The number of aliphatic carboxylic acids is 1. The number of aliphatic hydroxyl groups is 6. The number of ether oxygens (including phenoxy) is 7. The number of fused-ring (bicyclic) bond motifs is 15. The van der Waals surface area contributed by atoms with Crippen molar-refractivity contribution in [1.82, 2.24) is 36.6 Å². The summed E-state index contributed by atoms with van der Waals surface area (Å²) in [6.07, 6.45) is -16.3.